The number of aryl methyl sites for hydroxylation is 1. The predicted molar refractivity (Wildman–Crippen MR) is 123 cm³/mol. The Kier molecular flexibility index (Phi) is 8.27. The lowest BCUT2D eigenvalue weighted by molar-refractivity contribution is -0.113. The van der Waals surface area contributed by atoms with Crippen LogP contribution in [-0.4, -0.2) is 33.0 Å². The number of benzene rings is 2. The molecule has 2 aromatic carbocycles. The van der Waals surface area contributed by atoms with Gasteiger partial charge in [0.1, 0.15) is 12.4 Å². The van der Waals surface area contributed by atoms with Crippen LogP contribution in [0.4, 0.5) is 10.1 Å². The summed E-state index contributed by atoms with van der Waals surface area (Å²) in [6, 6.07) is 11.7. The first kappa shape index (κ1) is 23.3. The largest absolute Gasteiger partial charge is 0.490 e. The van der Waals surface area contributed by atoms with Gasteiger partial charge in [0.25, 0.3) is 0 Å². The Morgan fingerprint density at radius 1 is 1.22 bits per heavy atom. The van der Waals surface area contributed by atoms with Crippen LogP contribution in [-0.2, 0) is 17.9 Å². The Bertz CT molecular complexity index is 1090. The highest BCUT2D eigenvalue weighted by Crippen LogP contribution is 2.29. The van der Waals surface area contributed by atoms with Crippen molar-refractivity contribution in [2.45, 2.75) is 32.2 Å². The van der Waals surface area contributed by atoms with Crippen LogP contribution in [0, 0.1) is 12.7 Å². The van der Waals surface area contributed by atoms with E-state index in [0.717, 1.165) is 5.56 Å². The molecular formula is C23H25FN4O3S. The van der Waals surface area contributed by atoms with Crippen molar-refractivity contribution in [1.82, 2.24) is 14.8 Å². The maximum atomic E-state index is 13.7. The summed E-state index contributed by atoms with van der Waals surface area (Å²) in [4.78, 5) is 12.2. The number of aromatic nitrogens is 3. The topological polar surface area (TPSA) is 78.3 Å². The van der Waals surface area contributed by atoms with E-state index < -0.39 is 5.82 Å². The lowest BCUT2D eigenvalue weighted by atomic mass is 10.2. The molecule has 0 saturated carbocycles. The fraction of sp³-hybridized carbons (Fsp3) is 0.261. The molecule has 3 aromatic rings. The molecule has 0 aliphatic carbocycles. The molecule has 0 saturated heterocycles. The minimum absolute atomic E-state index is 0.0525. The summed E-state index contributed by atoms with van der Waals surface area (Å²) in [5, 5.41) is 11.5. The van der Waals surface area contributed by atoms with Crippen LogP contribution in [0.15, 0.2) is 60.3 Å². The molecular weight excluding hydrogens is 431 g/mol. The first-order valence-electron chi connectivity index (χ1n) is 10.1. The normalized spacial score (nSPS) is 10.6. The monoisotopic (exact) mass is 456 g/mol. The number of para-hydroxylation sites is 1. The number of ether oxygens (including phenoxy) is 2. The molecule has 0 atom stereocenters. The zero-order chi connectivity index (χ0) is 22.9. The number of amides is 1. The number of rotatable bonds is 11. The summed E-state index contributed by atoms with van der Waals surface area (Å²) in [7, 11) is 0. The van der Waals surface area contributed by atoms with Crippen molar-refractivity contribution in [1.29, 1.82) is 0 Å². The van der Waals surface area contributed by atoms with E-state index in [2.05, 4.69) is 22.1 Å². The predicted octanol–water partition coefficient (Wildman–Crippen LogP) is 4.62. The number of hydrogen-bond acceptors (Lipinski definition) is 6. The van der Waals surface area contributed by atoms with Crippen LogP contribution >= 0.6 is 11.8 Å². The molecule has 1 heterocycles. The van der Waals surface area contributed by atoms with E-state index in [9.17, 15) is 9.18 Å². The Morgan fingerprint density at radius 2 is 2.03 bits per heavy atom. The van der Waals surface area contributed by atoms with Crippen LogP contribution in [0.2, 0.25) is 0 Å². The van der Waals surface area contributed by atoms with Gasteiger partial charge in [-0.25, -0.2) is 4.39 Å². The molecule has 0 unspecified atom stereocenters. The Balaban J connectivity index is 1.66. The number of anilines is 1. The molecule has 0 aliphatic heterocycles. The number of carbonyl (C=O) groups is 1. The number of allylic oxidation sites excluding steroid dienone is 1. The number of carbonyl (C=O) groups excluding carboxylic acids is 1. The van der Waals surface area contributed by atoms with E-state index in [4.69, 9.17) is 9.47 Å². The highest BCUT2D eigenvalue weighted by molar-refractivity contribution is 7.99. The van der Waals surface area contributed by atoms with Crippen LogP contribution in [0.1, 0.15) is 18.3 Å². The van der Waals surface area contributed by atoms with Crippen molar-refractivity contribution in [2.24, 2.45) is 0 Å². The average Bonchev–Trinajstić information content (AvgIpc) is 3.15. The Hall–Kier alpha value is -3.33. The van der Waals surface area contributed by atoms with Gasteiger partial charge in [-0.05, 0) is 43.7 Å². The van der Waals surface area contributed by atoms with Crippen LogP contribution in [0.3, 0.4) is 0 Å². The van der Waals surface area contributed by atoms with E-state index in [-0.39, 0.29) is 24.0 Å². The maximum Gasteiger partial charge on any atom is 0.234 e. The fourth-order valence-electron chi connectivity index (χ4n) is 2.87. The SMILES string of the molecule is C=CCn1c(COc2ccc(C)cc2OCC)nnc1SCC(=O)Nc1ccccc1F. The molecule has 32 heavy (non-hydrogen) atoms. The molecule has 3 rings (SSSR count). The number of hydrogen-bond donors (Lipinski definition) is 1. The highest BCUT2D eigenvalue weighted by atomic mass is 32.2. The third-order valence-corrected chi connectivity index (χ3v) is 5.31. The summed E-state index contributed by atoms with van der Waals surface area (Å²) in [6.45, 7) is 8.83. The lowest BCUT2D eigenvalue weighted by Gasteiger charge is -2.13. The third-order valence-electron chi connectivity index (χ3n) is 4.34. The summed E-state index contributed by atoms with van der Waals surface area (Å²) >= 11 is 1.20. The summed E-state index contributed by atoms with van der Waals surface area (Å²) in [5.74, 6) is 1.10. The van der Waals surface area contributed by atoms with Crippen LogP contribution in [0.5, 0.6) is 11.5 Å². The van der Waals surface area contributed by atoms with E-state index in [1.807, 2.05) is 36.6 Å². The minimum atomic E-state index is -0.484. The molecule has 9 heteroatoms. The second-order valence-corrected chi connectivity index (χ2v) is 7.73. The molecule has 1 N–H and O–H groups in total. The zero-order valence-electron chi connectivity index (χ0n) is 18.0. The maximum absolute atomic E-state index is 13.7. The third kappa shape index (κ3) is 6.10. The Labute approximate surface area is 190 Å². The van der Waals surface area contributed by atoms with Gasteiger partial charge >= 0.3 is 0 Å². The molecule has 0 bridgehead atoms. The molecule has 0 aliphatic rings. The molecule has 0 fully saturated rings. The van der Waals surface area contributed by atoms with Gasteiger partial charge in [-0.2, -0.15) is 0 Å². The van der Waals surface area contributed by atoms with Gasteiger partial charge in [0.05, 0.1) is 18.0 Å². The van der Waals surface area contributed by atoms with E-state index in [1.165, 1.54) is 23.9 Å². The van der Waals surface area contributed by atoms with Crippen LogP contribution < -0.4 is 14.8 Å². The van der Waals surface area contributed by atoms with E-state index in [1.54, 1.807) is 18.2 Å². The number of nitrogens with one attached hydrogen (secondary N) is 1. The van der Waals surface area contributed by atoms with Crippen molar-refractivity contribution < 1.29 is 18.7 Å². The van der Waals surface area contributed by atoms with Crippen molar-refractivity contribution >= 4 is 23.4 Å². The van der Waals surface area contributed by atoms with Crippen molar-refractivity contribution in [2.75, 3.05) is 17.7 Å². The molecule has 0 radical (unpaired) electrons. The van der Waals surface area contributed by atoms with Gasteiger partial charge < -0.3 is 14.8 Å². The zero-order valence-corrected chi connectivity index (χ0v) is 18.8. The smallest absolute Gasteiger partial charge is 0.234 e. The summed E-state index contributed by atoms with van der Waals surface area (Å²) in [6.07, 6.45) is 1.72. The number of nitrogens with zero attached hydrogens (tertiary/aromatic N) is 3. The number of thioether (sulfide) groups is 1. The van der Waals surface area contributed by atoms with Gasteiger partial charge in [0.2, 0.25) is 5.91 Å². The van der Waals surface area contributed by atoms with Crippen molar-refractivity contribution in [3.8, 4) is 11.5 Å². The quantitative estimate of drug-likeness (QED) is 0.335. The average molecular weight is 457 g/mol. The van der Waals surface area contributed by atoms with E-state index >= 15 is 0 Å². The summed E-state index contributed by atoms with van der Waals surface area (Å²) < 4.78 is 27.1. The highest BCUT2D eigenvalue weighted by Gasteiger charge is 2.16. The molecule has 168 valence electrons. The second kappa shape index (κ2) is 11.3. The first-order chi connectivity index (χ1) is 15.5. The first-order valence-corrected chi connectivity index (χ1v) is 11.1. The molecule has 1 amide bonds. The fourth-order valence-corrected chi connectivity index (χ4v) is 3.64. The van der Waals surface area contributed by atoms with Gasteiger partial charge in [0, 0.05) is 6.54 Å². The van der Waals surface area contributed by atoms with Crippen LogP contribution in [0.25, 0.3) is 0 Å². The molecule has 1 aromatic heterocycles. The van der Waals surface area contributed by atoms with Gasteiger partial charge in [-0.15, -0.1) is 16.8 Å². The van der Waals surface area contributed by atoms with Gasteiger partial charge in [-0.1, -0.05) is 36.0 Å². The van der Waals surface area contributed by atoms with Crippen molar-refractivity contribution in [3.63, 3.8) is 0 Å². The van der Waals surface area contributed by atoms with E-state index in [0.29, 0.717) is 35.6 Å². The number of halogens is 1. The Morgan fingerprint density at radius 3 is 2.78 bits per heavy atom. The summed E-state index contributed by atoms with van der Waals surface area (Å²) in [5.41, 5.74) is 1.21. The molecule has 7 nitrogen and oxygen atoms in total. The standard InChI is InChI=1S/C23H25FN4O3S/c1-4-12-28-21(14-31-19-11-10-16(3)13-20(19)30-5-2)26-27-23(28)32-15-22(29)25-18-9-7-6-8-17(18)24/h4,6-11,13H,1,5,12,14-15H2,2-3H3,(H,25,29). The second-order valence-electron chi connectivity index (χ2n) is 6.79. The van der Waals surface area contributed by atoms with Gasteiger partial charge in [-0.3, -0.25) is 9.36 Å². The lowest BCUT2D eigenvalue weighted by Crippen LogP contribution is -2.15. The van der Waals surface area contributed by atoms with Crippen molar-refractivity contribution in [3.05, 3.63) is 72.3 Å². The minimum Gasteiger partial charge on any atom is -0.490 e. The molecule has 0 spiro atoms. The van der Waals surface area contributed by atoms with Gasteiger partial charge in [0.15, 0.2) is 22.5 Å².